The van der Waals surface area contributed by atoms with E-state index in [9.17, 15) is 19.2 Å². The summed E-state index contributed by atoms with van der Waals surface area (Å²) < 4.78 is 4.87. The fraction of sp³-hybridized carbons (Fsp3) is 0.191. The lowest BCUT2D eigenvalue weighted by Crippen LogP contribution is -2.75. The van der Waals surface area contributed by atoms with Gasteiger partial charge in [-0.05, 0) is 27.8 Å². The highest BCUT2D eigenvalue weighted by molar-refractivity contribution is 8.16. The summed E-state index contributed by atoms with van der Waals surface area (Å²) in [6.07, 6.45) is -0.729. The van der Waals surface area contributed by atoms with Gasteiger partial charge in [-0.3, -0.25) is 19.2 Å². The summed E-state index contributed by atoms with van der Waals surface area (Å²) in [5.41, 5.74) is 3.78. The number of fused-ring (bicyclic) bond motifs is 1. The largest absolute Gasteiger partial charge is 0.451 e. The average molecular weight is 868 g/mol. The van der Waals surface area contributed by atoms with Crippen LogP contribution in [0, 0.1) is 0 Å². The van der Waals surface area contributed by atoms with Gasteiger partial charge in [0.05, 0.1) is 0 Å². The van der Waals surface area contributed by atoms with Crippen LogP contribution in [0.1, 0.15) is 46.5 Å². The highest BCUT2D eigenvalue weighted by Gasteiger charge is 2.59. The molecule has 0 saturated carbocycles. The standard InChI is InChI=1S/C47H41N5O6S3/c1-31(53)61-46(44(56)58-40(32-18-8-3-9-19-32)33-20-10-4-11-21-33)29-52-42(55)39(43(52)60-30-46)49-41(54)38(51-57-2)37-28-59-45(48-37)50-47(34-22-12-5-13-23-34,35-24-14-6-15-25-35)36-26-16-7-17-27-36/h3-28,39-40,43H,29-30H2,1-2H3,(H,48,50)(H,49,54)/t39?,43-,46?/m1/s1. The maximum atomic E-state index is 14.2. The zero-order chi connectivity index (χ0) is 42.4. The topological polar surface area (TPSA) is 139 Å². The number of β-lactam (4-membered cyclic amide) rings is 1. The Morgan fingerprint density at radius 1 is 0.820 bits per heavy atom. The first-order chi connectivity index (χ1) is 29.7. The summed E-state index contributed by atoms with van der Waals surface area (Å²) in [6.45, 7) is 1.33. The van der Waals surface area contributed by atoms with Crippen LogP contribution in [0.25, 0.3) is 0 Å². The fourth-order valence-corrected chi connectivity index (χ4v) is 11.2. The summed E-state index contributed by atoms with van der Waals surface area (Å²) in [5.74, 6) is -1.49. The zero-order valence-electron chi connectivity index (χ0n) is 33.2. The van der Waals surface area contributed by atoms with Crippen molar-refractivity contribution < 1.29 is 28.8 Å². The predicted octanol–water partition coefficient (Wildman–Crippen LogP) is 7.65. The molecule has 11 nitrogen and oxygen atoms in total. The minimum atomic E-state index is -1.37. The second kappa shape index (κ2) is 18.2. The van der Waals surface area contributed by atoms with Gasteiger partial charge < -0.3 is 25.1 Å². The van der Waals surface area contributed by atoms with Crippen LogP contribution in [0.2, 0.25) is 0 Å². The Morgan fingerprint density at radius 2 is 1.33 bits per heavy atom. The minimum absolute atomic E-state index is 0.0681. The third kappa shape index (κ3) is 8.43. The van der Waals surface area contributed by atoms with Gasteiger partial charge in [-0.1, -0.05) is 169 Å². The number of aromatic nitrogens is 1. The number of nitrogens with zero attached hydrogens (tertiary/aromatic N) is 3. The van der Waals surface area contributed by atoms with E-state index in [1.54, 1.807) is 5.38 Å². The molecule has 3 atom stereocenters. The van der Waals surface area contributed by atoms with Crippen molar-refractivity contribution in [3.63, 3.8) is 0 Å². The molecule has 14 heteroatoms. The van der Waals surface area contributed by atoms with Crippen molar-refractivity contribution in [3.8, 4) is 0 Å². The Labute approximate surface area is 366 Å². The lowest BCUT2D eigenvalue weighted by atomic mass is 9.77. The molecule has 1 aromatic heterocycles. The van der Waals surface area contributed by atoms with Gasteiger partial charge in [-0.25, -0.2) is 4.98 Å². The molecule has 2 amide bonds. The predicted molar refractivity (Wildman–Crippen MR) is 240 cm³/mol. The number of nitrogens with one attached hydrogen (secondary N) is 2. The molecule has 2 unspecified atom stereocenters. The van der Waals surface area contributed by atoms with E-state index >= 15 is 0 Å². The average Bonchev–Trinajstić information content (AvgIpc) is 3.77. The van der Waals surface area contributed by atoms with E-state index in [4.69, 9.17) is 14.6 Å². The molecule has 0 radical (unpaired) electrons. The zero-order valence-corrected chi connectivity index (χ0v) is 35.6. The smallest absolute Gasteiger partial charge is 0.326 e. The van der Waals surface area contributed by atoms with E-state index in [0.717, 1.165) is 39.6 Å². The molecule has 2 aliphatic heterocycles. The van der Waals surface area contributed by atoms with Crippen molar-refractivity contribution in [2.75, 3.05) is 24.7 Å². The van der Waals surface area contributed by atoms with Crippen molar-refractivity contribution in [1.82, 2.24) is 15.2 Å². The first kappa shape index (κ1) is 41.5. The first-order valence-electron chi connectivity index (χ1n) is 19.5. The molecule has 0 bridgehead atoms. The number of rotatable bonds is 14. The molecular formula is C47H41N5O6S3. The van der Waals surface area contributed by atoms with Gasteiger partial charge in [-0.2, -0.15) is 0 Å². The monoisotopic (exact) mass is 867 g/mol. The first-order valence-corrected chi connectivity index (χ1v) is 22.2. The summed E-state index contributed by atoms with van der Waals surface area (Å²) in [6, 6.07) is 48.1. The molecule has 61 heavy (non-hydrogen) atoms. The van der Waals surface area contributed by atoms with Gasteiger partial charge >= 0.3 is 5.97 Å². The van der Waals surface area contributed by atoms with Crippen LogP contribution in [0.3, 0.4) is 0 Å². The molecule has 2 saturated heterocycles. The van der Waals surface area contributed by atoms with E-state index in [1.165, 1.54) is 42.0 Å². The van der Waals surface area contributed by atoms with E-state index in [0.29, 0.717) is 5.13 Å². The van der Waals surface area contributed by atoms with Crippen molar-refractivity contribution in [1.29, 1.82) is 0 Å². The van der Waals surface area contributed by atoms with Gasteiger partial charge in [0.2, 0.25) is 5.91 Å². The number of carbonyl (C=O) groups excluding carboxylic acids is 4. The maximum absolute atomic E-state index is 14.2. The molecule has 308 valence electrons. The van der Waals surface area contributed by atoms with Crippen LogP contribution < -0.4 is 10.6 Å². The highest BCUT2D eigenvalue weighted by Crippen LogP contribution is 2.46. The molecule has 2 N–H and O–H groups in total. The fourth-order valence-electron chi connectivity index (χ4n) is 7.74. The van der Waals surface area contributed by atoms with Gasteiger partial charge in [0.25, 0.3) is 5.91 Å². The summed E-state index contributed by atoms with van der Waals surface area (Å²) in [5, 5.41) is 12.1. The van der Waals surface area contributed by atoms with Crippen molar-refractivity contribution in [2.24, 2.45) is 5.16 Å². The van der Waals surface area contributed by atoms with Crippen LogP contribution in [-0.4, -0.2) is 74.1 Å². The Balaban J connectivity index is 1.01. The highest BCUT2D eigenvalue weighted by atomic mass is 32.2. The van der Waals surface area contributed by atoms with Gasteiger partial charge in [0.1, 0.15) is 34.5 Å². The number of hydrogen-bond donors (Lipinski definition) is 2. The third-order valence-electron chi connectivity index (χ3n) is 10.5. The molecule has 2 fully saturated rings. The van der Waals surface area contributed by atoms with Crippen LogP contribution in [0.4, 0.5) is 5.13 Å². The van der Waals surface area contributed by atoms with Crippen LogP contribution in [0.5, 0.6) is 0 Å². The SMILES string of the molecule is CON=C(C(=O)NC1C(=O)N2CC(SC(C)=O)(C(=O)OC(c3ccccc3)c3ccccc3)CS[C@H]12)c1csc(NC(c2ccccc2)(c2ccccc2)c2ccccc2)n1. The number of benzene rings is 5. The summed E-state index contributed by atoms with van der Waals surface area (Å²) in [4.78, 5) is 66.2. The van der Waals surface area contributed by atoms with E-state index < -0.39 is 45.6 Å². The lowest BCUT2D eigenvalue weighted by molar-refractivity contribution is -0.156. The quantitative estimate of drug-likeness (QED) is 0.0369. The molecule has 3 heterocycles. The Morgan fingerprint density at radius 3 is 1.82 bits per heavy atom. The molecule has 0 spiro atoms. The van der Waals surface area contributed by atoms with Crippen molar-refractivity contribution >= 4 is 68.6 Å². The third-order valence-corrected chi connectivity index (χ3v) is 14.1. The van der Waals surface area contributed by atoms with E-state index in [1.807, 2.05) is 115 Å². The second-order valence-electron chi connectivity index (χ2n) is 14.4. The van der Waals surface area contributed by atoms with Gasteiger partial charge in [0.15, 0.2) is 22.1 Å². The molecule has 5 aromatic carbocycles. The number of hydrogen-bond acceptors (Lipinski definition) is 12. The minimum Gasteiger partial charge on any atom is -0.451 e. The Bertz CT molecular complexity index is 2390. The van der Waals surface area contributed by atoms with Gasteiger partial charge in [-0.15, -0.1) is 23.1 Å². The molecule has 8 rings (SSSR count). The van der Waals surface area contributed by atoms with E-state index in [2.05, 4.69) is 52.2 Å². The Kier molecular flexibility index (Phi) is 12.4. The molecule has 0 aliphatic carbocycles. The molecular weight excluding hydrogens is 827 g/mol. The number of thioether (sulfide) groups is 2. The maximum Gasteiger partial charge on any atom is 0.326 e. The van der Waals surface area contributed by atoms with Crippen LogP contribution in [-0.2, 0) is 34.3 Å². The van der Waals surface area contributed by atoms with Crippen molar-refractivity contribution in [2.45, 2.75) is 34.7 Å². The summed E-state index contributed by atoms with van der Waals surface area (Å²) in [7, 11) is 1.34. The number of oxime groups is 1. The number of amides is 2. The number of thiazole rings is 1. The van der Waals surface area contributed by atoms with Crippen molar-refractivity contribution in [3.05, 3.63) is 191 Å². The van der Waals surface area contributed by atoms with E-state index in [-0.39, 0.29) is 28.8 Å². The molecule has 2 aliphatic rings. The second-order valence-corrected chi connectivity index (χ2v) is 18.0. The summed E-state index contributed by atoms with van der Waals surface area (Å²) >= 11 is 3.48. The van der Waals surface area contributed by atoms with Crippen LogP contribution >= 0.6 is 34.9 Å². The number of ether oxygens (including phenoxy) is 1. The number of anilines is 1. The number of esters is 1. The normalized spacial score (nSPS) is 18.7. The number of carbonyl (C=O) groups is 4. The lowest BCUT2D eigenvalue weighted by Gasteiger charge is -2.53. The van der Waals surface area contributed by atoms with Crippen LogP contribution in [0.15, 0.2) is 162 Å². The Hall–Kier alpha value is -6.22. The van der Waals surface area contributed by atoms with Gasteiger partial charge in [0, 0.05) is 24.6 Å². The molecule has 6 aromatic rings.